The van der Waals surface area contributed by atoms with Crippen molar-refractivity contribution in [1.82, 2.24) is 34.3 Å². The topological polar surface area (TPSA) is 69.2 Å². The van der Waals surface area contributed by atoms with E-state index in [0.29, 0.717) is 22.0 Å². The molecular formula is C13H13ClF3N7S. The maximum Gasteiger partial charge on any atom is 0.436 e. The number of aromatic nitrogens is 7. The second-order valence-electron chi connectivity index (χ2n) is 5.46. The maximum atomic E-state index is 13.0. The van der Waals surface area contributed by atoms with Crippen molar-refractivity contribution in [2.45, 2.75) is 26.6 Å². The van der Waals surface area contributed by atoms with Crippen LogP contribution in [-0.2, 0) is 19.8 Å². The minimum absolute atomic E-state index is 0.0386. The molecule has 0 aliphatic carbocycles. The summed E-state index contributed by atoms with van der Waals surface area (Å²) in [6.45, 7) is 3.22. The Bertz CT molecular complexity index is 995. The van der Waals surface area contributed by atoms with Crippen molar-refractivity contribution in [1.29, 1.82) is 0 Å². The van der Waals surface area contributed by atoms with Gasteiger partial charge in [0.05, 0.1) is 22.1 Å². The lowest BCUT2D eigenvalue weighted by atomic mass is 10.3. The summed E-state index contributed by atoms with van der Waals surface area (Å²) >= 11 is 11.0. The fourth-order valence-electron chi connectivity index (χ4n) is 2.48. The van der Waals surface area contributed by atoms with E-state index in [2.05, 4.69) is 20.4 Å². The van der Waals surface area contributed by atoms with Gasteiger partial charge in [0.1, 0.15) is 6.54 Å². The van der Waals surface area contributed by atoms with E-state index in [9.17, 15) is 13.2 Å². The van der Waals surface area contributed by atoms with Crippen molar-refractivity contribution in [3.05, 3.63) is 38.9 Å². The summed E-state index contributed by atoms with van der Waals surface area (Å²) in [6, 6.07) is 0. The Kier molecular flexibility index (Phi) is 4.23. The van der Waals surface area contributed by atoms with Gasteiger partial charge < -0.3 is 0 Å². The van der Waals surface area contributed by atoms with Crippen molar-refractivity contribution in [3.63, 3.8) is 0 Å². The number of alkyl halides is 3. The van der Waals surface area contributed by atoms with E-state index in [1.807, 2.05) is 0 Å². The molecule has 0 atom stereocenters. The highest BCUT2D eigenvalue weighted by Crippen LogP contribution is 2.35. The number of H-pyrrole nitrogens is 1. The zero-order valence-corrected chi connectivity index (χ0v) is 15.0. The summed E-state index contributed by atoms with van der Waals surface area (Å²) in [5.74, 6) is 0.386. The van der Waals surface area contributed by atoms with E-state index in [0.717, 1.165) is 4.68 Å². The van der Waals surface area contributed by atoms with Gasteiger partial charge in [-0.25, -0.2) is 0 Å². The van der Waals surface area contributed by atoms with E-state index < -0.39 is 16.9 Å². The Labute approximate surface area is 150 Å². The molecule has 3 aromatic heterocycles. The molecule has 0 saturated heterocycles. The molecule has 3 aromatic rings. The van der Waals surface area contributed by atoms with Crippen LogP contribution in [0.2, 0.25) is 5.02 Å². The van der Waals surface area contributed by atoms with E-state index in [4.69, 9.17) is 23.8 Å². The average Bonchev–Trinajstić information content (AvgIpc) is 3.10. The SMILES string of the molecule is Cc1nn(C)cc1-n1c(Cn2nc(C(F)(F)F)c(Cl)c2C)n[nH]c1=S. The molecule has 12 heteroatoms. The summed E-state index contributed by atoms with van der Waals surface area (Å²) in [7, 11) is 1.76. The molecule has 3 heterocycles. The van der Waals surface area contributed by atoms with Crippen LogP contribution in [0.4, 0.5) is 13.2 Å². The van der Waals surface area contributed by atoms with Crippen LogP contribution in [0.5, 0.6) is 0 Å². The van der Waals surface area contributed by atoms with Crippen LogP contribution in [0.3, 0.4) is 0 Å². The highest BCUT2D eigenvalue weighted by molar-refractivity contribution is 7.71. The zero-order chi connectivity index (χ0) is 18.5. The molecule has 134 valence electrons. The Balaban J connectivity index is 2.07. The third-order valence-electron chi connectivity index (χ3n) is 3.66. The van der Waals surface area contributed by atoms with E-state index >= 15 is 0 Å². The fraction of sp³-hybridized carbons (Fsp3) is 0.385. The van der Waals surface area contributed by atoms with E-state index in [1.54, 1.807) is 29.4 Å². The summed E-state index contributed by atoms with van der Waals surface area (Å²) in [6.07, 6.45) is -2.88. The molecule has 0 aliphatic heterocycles. The predicted molar refractivity (Wildman–Crippen MR) is 86.3 cm³/mol. The third-order valence-corrected chi connectivity index (χ3v) is 4.39. The summed E-state index contributed by atoms with van der Waals surface area (Å²) in [5, 5.41) is 14.1. The molecule has 0 amide bonds. The van der Waals surface area contributed by atoms with Crippen molar-refractivity contribution in [2.75, 3.05) is 0 Å². The lowest BCUT2D eigenvalue weighted by Crippen LogP contribution is -2.12. The van der Waals surface area contributed by atoms with Gasteiger partial charge >= 0.3 is 6.18 Å². The van der Waals surface area contributed by atoms with Crippen LogP contribution >= 0.6 is 23.8 Å². The van der Waals surface area contributed by atoms with Gasteiger partial charge in [0.2, 0.25) is 0 Å². The van der Waals surface area contributed by atoms with Crippen molar-refractivity contribution in [3.8, 4) is 5.69 Å². The lowest BCUT2D eigenvalue weighted by molar-refractivity contribution is -0.141. The minimum atomic E-state index is -4.63. The van der Waals surface area contributed by atoms with Gasteiger partial charge in [-0.05, 0) is 26.1 Å². The van der Waals surface area contributed by atoms with Gasteiger partial charge in [-0.15, -0.1) is 0 Å². The normalized spacial score (nSPS) is 12.1. The van der Waals surface area contributed by atoms with Crippen molar-refractivity contribution < 1.29 is 13.2 Å². The smallest absolute Gasteiger partial charge is 0.273 e. The minimum Gasteiger partial charge on any atom is -0.273 e. The maximum absolute atomic E-state index is 13.0. The van der Waals surface area contributed by atoms with Crippen molar-refractivity contribution >= 4 is 23.8 Å². The predicted octanol–water partition coefficient (Wildman–Crippen LogP) is 3.20. The Hall–Kier alpha value is -2.14. The lowest BCUT2D eigenvalue weighted by Gasteiger charge is -2.07. The van der Waals surface area contributed by atoms with Gasteiger partial charge in [0.25, 0.3) is 0 Å². The summed E-state index contributed by atoms with van der Waals surface area (Å²) < 4.78 is 43.6. The molecule has 0 spiro atoms. The molecule has 25 heavy (non-hydrogen) atoms. The Morgan fingerprint density at radius 1 is 1.28 bits per heavy atom. The number of nitrogens with zero attached hydrogens (tertiary/aromatic N) is 6. The molecule has 7 nitrogen and oxygen atoms in total. The number of hydrogen-bond acceptors (Lipinski definition) is 4. The first-order valence-corrected chi connectivity index (χ1v) is 7.85. The quantitative estimate of drug-likeness (QED) is 0.696. The second-order valence-corrected chi connectivity index (χ2v) is 6.22. The Morgan fingerprint density at radius 2 is 1.96 bits per heavy atom. The highest BCUT2D eigenvalue weighted by Gasteiger charge is 2.38. The third kappa shape index (κ3) is 3.09. The number of aryl methyl sites for hydroxylation is 2. The molecule has 0 bridgehead atoms. The molecule has 1 N–H and O–H groups in total. The molecule has 0 radical (unpaired) electrons. The highest BCUT2D eigenvalue weighted by atomic mass is 35.5. The summed E-state index contributed by atoms with van der Waals surface area (Å²) in [5.41, 5.74) is 0.456. The number of nitrogens with one attached hydrogen (secondary N) is 1. The molecule has 0 aliphatic rings. The van der Waals surface area contributed by atoms with Crippen LogP contribution in [0.25, 0.3) is 5.69 Å². The van der Waals surface area contributed by atoms with Gasteiger partial charge in [-0.1, -0.05) is 11.6 Å². The first kappa shape index (κ1) is 17.7. The number of rotatable bonds is 3. The van der Waals surface area contributed by atoms with Crippen LogP contribution in [-0.4, -0.2) is 34.3 Å². The molecule has 0 saturated carbocycles. The van der Waals surface area contributed by atoms with Crippen molar-refractivity contribution in [2.24, 2.45) is 7.05 Å². The number of hydrogen-bond donors (Lipinski definition) is 1. The average molecular weight is 392 g/mol. The molecule has 0 aromatic carbocycles. The van der Waals surface area contributed by atoms with Gasteiger partial charge in [0, 0.05) is 13.2 Å². The number of aromatic amines is 1. The number of halogens is 4. The molecule has 3 rings (SSSR count). The van der Waals surface area contributed by atoms with E-state index in [-0.39, 0.29) is 12.2 Å². The fourth-order valence-corrected chi connectivity index (χ4v) is 2.98. The largest absolute Gasteiger partial charge is 0.436 e. The van der Waals surface area contributed by atoms with E-state index in [1.165, 1.54) is 6.92 Å². The molecular weight excluding hydrogens is 379 g/mol. The van der Waals surface area contributed by atoms with Gasteiger partial charge in [-0.2, -0.15) is 28.5 Å². The van der Waals surface area contributed by atoms with Crippen LogP contribution in [0, 0.1) is 18.6 Å². The van der Waals surface area contributed by atoms with Crippen LogP contribution in [0.1, 0.15) is 22.9 Å². The van der Waals surface area contributed by atoms with Gasteiger partial charge in [0.15, 0.2) is 16.3 Å². The van der Waals surface area contributed by atoms with Gasteiger partial charge in [-0.3, -0.25) is 19.0 Å². The monoisotopic (exact) mass is 391 g/mol. The first-order valence-electron chi connectivity index (χ1n) is 7.06. The summed E-state index contributed by atoms with van der Waals surface area (Å²) in [4.78, 5) is 0. The standard InChI is InChI=1S/C13H13ClF3N7S/c1-6-8(4-22(3)20-6)24-9(18-19-12(24)25)5-23-7(2)10(14)11(21-23)13(15,16)17/h4H,5H2,1-3H3,(H,19,25). The molecule has 0 fully saturated rings. The Morgan fingerprint density at radius 3 is 2.48 bits per heavy atom. The van der Waals surface area contributed by atoms with Crippen LogP contribution < -0.4 is 0 Å². The van der Waals surface area contributed by atoms with Crippen LogP contribution in [0.15, 0.2) is 6.20 Å². The first-order chi connectivity index (χ1) is 11.6. The molecule has 0 unspecified atom stereocenters. The zero-order valence-electron chi connectivity index (χ0n) is 13.4. The second kappa shape index (κ2) is 5.99.